The molecule has 0 radical (unpaired) electrons. The van der Waals surface area contributed by atoms with Crippen molar-refractivity contribution < 1.29 is 9.47 Å². The van der Waals surface area contributed by atoms with Gasteiger partial charge in [0.1, 0.15) is 23.1 Å². The van der Waals surface area contributed by atoms with Crippen molar-refractivity contribution in [1.82, 2.24) is 20.3 Å². The number of ether oxygens (including phenoxy) is 2. The van der Waals surface area contributed by atoms with E-state index < -0.39 is 0 Å². The summed E-state index contributed by atoms with van der Waals surface area (Å²) in [5.74, 6) is 4.74. The number of hydrogen-bond donors (Lipinski definition) is 2. The monoisotopic (exact) mass is 442 g/mol. The molecule has 8 nitrogen and oxygen atoms in total. The highest BCUT2D eigenvalue weighted by molar-refractivity contribution is 5.86. The highest BCUT2D eigenvalue weighted by atomic mass is 16.5. The first-order valence-electron chi connectivity index (χ1n) is 11.0. The highest BCUT2D eigenvalue weighted by Gasteiger charge is 2.21. The van der Waals surface area contributed by atoms with Gasteiger partial charge in [-0.25, -0.2) is 9.97 Å². The lowest BCUT2D eigenvalue weighted by Crippen LogP contribution is -2.20. The van der Waals surface area contributed by atoms with Gasteiger partial charge in [-0.15, -0.1) is 6.42 Å². The van der Waals surface area contributed by atoms with Gasteiger partial charge in [-0.3, -0.25) is 5.01 Å². The van der Waals surface area contributed by atoms with E-state index in [1.807, 2.05) is 30.4 Å². The van der Waals surface area contributed by atoms with Crippen molar-refractivity contribution in [1.29, 1.82) is 0 Å². The average Bonchev–Trinajstić information content (AvgIpc) is 3.50. The van der Waals surface area contributed by atoms with Gasteiger partial charge in [-0.1, -0.05) is 5.92 Å². The van der Waals surface area contributed by atoms with Crippen molar-refractivity contribution >= 4 is 28.8 Å². The first-order valence-corrected chi connectivity index (χ1v) is 11.0. The molecular weight excluding hydrogens is 416 g/mol. The summed E-state index contributed by atoms with van der Waals surface area (Å²) >= 11 is 0. The predicted octanol–water partition coefficient (Wildman–Crippen LogP) is 3.12. The number of hydrazone groups is 1. The predicted molar refractivity (Wildman–Crippen MR) is 130 cm³/mol. The third-order valence-corrected chi connectivity index (χ3v) is 5.87. The normalized spacial score (nSPS) is 19.6. The van der Waals surface area contributed by atoms with Gasteiger partial charge in [-0.05, 0) is 42.8 Å². The second-order valence-electron chi connectivity index (χ2n) is 8.31. The zero-order valence-electron chi connectivity index (χ0n) is 18.7. The largest absolute Gasteiger partial charge is 0.494 e. The Kier molecular flexibility index (Phi) is 5.71. The molecule has 2 aromatic carbocycles. The number of nitrogens with one attached hydrogen (secondary N) is 2. The molecule has 0 saturated carbocycles. The summed E-state index contributed by atoms with van der Waals surface area (Å²) in [6.45, 7) is 2.66. The van der Waals surface area contributed by atoms with Crippen LogP contribution < -0.4 is 20.1 Å². The number of methoxy groups -OCH3 is 1. The van der Waals surface area contributed by atoms with Gasteiger partial charge >= 0.3 is 0 Å². The van der Waals surface area contributed by atoms with Gasteiger partial charge in [-0.2, -0.15) is 5.10 Å². The third-order valence-electron chi connectivity index (χ3n) is 5.87. The second kappa shape index (κ2) is 8.96. The Morgan fingerprint density at radius 2 is 2.15 bits per heavy atom. The van der Waals surface area contributed by atoms with Crippen LogP contribution in [0.5, 0.6) is 11.5 Å². The molecule has 2 aliphatic heterocycles. The number of nitrogens with zero attached hydrogens (tertiary/aromatic N) is 4. The van der Waals surface area contributed by atoms with Crippen LogP contribution in [0.3, 0.4) is 0 Å². The van der Waals surface area contributed by atoms with E-state index >= 15 is 0 Å². The first kappa shape index (κ1) is 21.0. The maximum atomic E-state index is 6.27. The fraction of sp³-hybridized carbons (Fsp3) is 0.320. The van der Waals surface area contributed by atoms with Crippen LogP contribution in [0.4, 0.5) is 11.6 Å². The van der Waals surface area contributed by atoms with Crippen LogP contribution in [-0.4, -0.2) is 61.1 Å². The number of anilines is 2. The lowest BCUT2D eigenvalue weighted by atomic mass is 10.00. The molecule has 33 heavy (non-hydrogen) atoms. The third kappa shape index (κ3) is 4.54. The number of fused-ring (bicyclic) bond motifs is 1. The molecule has 0 aliphatic carbocycles. The summed E-state index contributed by atoms with van der Waals surface area (Å²) in [7, 11) is 3.58. The fourth-order valence-electron chi connectivity index (χ4n) is 4.20. The maximum absolute atomic E-state index is 6.27. The van der Waals surface area contributed by atoms with Crippen LogP contribution >= 0.6 is 0 Å². The Morgan fingerprint density at radius 1 is 1.24 bits per heavy atom. The molecule has 168 valence electrons. The number of terminal acetylenes is 1. The molecule has 2 atom stereocenters. The standard InChI is InChI=1S/C25H26N6O2/c1-4-16-7-18-12-27-25(30-24(18)23(8-16)32-3)29-20-9-17(19-13-28-31(2)15-19)10-22(11-20)33-21-5-6-26-14-21/h1,7-13,19,21,26H,5-6,14-15H2,2-3H3,(H,27,29,30)/t19?,21-/m1/s1. The van der Waals surface area contributed by atoms with Gasteiger partial charge < -0.3 is 20.1 Å². The van der Waals surface area contributed by atoms with Gasteiger partial charge in [0.05, 0.1) is 7.11 Å². The van der Waals surface area contributed by atoms with E-state index in [-0.39, 0.29) is 12.0 Å². The smallest absolute Gasteiger partial charge is 0.227 e. The average molecular weight is 443 g/mol. The van der Waals surface area contributed by atoms with Gasteiger partial charge in [0.2, 0.25) is 5.95 Å². The molecule has 1 fully saturated rings. The number of hydrogen-bond acceptors (Lipinski definition) is 8. The van der Waals surface area contributed by atoms with Crippen LogP contribution in [0, 0.1) is 12.3 Å². The van der Waals surface area contributed by atoms with E-state index in [0.29, 0.717) is 17.2 Å². The van der Waals surface area contributed by atoms with E-state index in [2.05, 4.69) is 43.8 Å². The Bertz CT molecular complexity index is 1250. The minimum atomic E-state index is 0.166. The lowest BCUT2D eigenvalue weighted by molar-refractivity contribution is 0.223. The topological polar surface area (TPSA) is 83.9 Å². The second-order valence-corrected chi connectivity index (χ2v) is 8.31. The maximum Gasteiger partial charge on any atom is 0.227 e. The van der Waals surface area contributed by atoms with E-state index in [9.17, 15) is 0 Å². The van der Waals surface area contributed by atoms with E-state index in [1.54, 1.807) is 19.4 Å². The Labute approximate surface area is 193 Å². The molecule has 1 saturated heterocycles. The molecule has 1 aromatic heterocycles. The number of benzene rings is 2. The number of likely N-dealkylation sites (N-methyl/N-ethyl adjacent to an activating group) is 1. The molecule has 0 amide bonds. The zero-order chi connectivity index (χ0) is 22.8. The van der Waals surface area contributed by atoms with Gasteiger partial charge in [0.15, 0.2) is 0 Å². The van der Waals surface area contributed by atoms with Crippen molar-refractivity contribution in [2.75, 3.05) is 39.1 Å². The summed E-state index contributed by atoms with van der Waals surface area (Å²) in [4.78, 5) is 9.18. The van der Waals surface area contributed by atoms with Crippen LogP contribution in [0.2, 0.25) is 0 Å². The molecule has 0 bridgehead atoms. The minimum absolute atomic E-state index is 0.166. The first-order chi connectivity index (χ1) is 16.1. The van der Waals surface area contributed by atoms with Crippen molar-refractivity contribution in [3.05, 3.63) is 47.7 Å². The summed E-state index contributed by atoms with van der Waals surface area (Å²) in [5, 5.41) is 13.8. The van der Waals surface area contributed by atoms with E-state index in [0.717, 1.165) is 54.0 Å². The number of rotatable bonds is 6. The zero-order valence-corrected chi connectivity index (χ0v) is 18.7. The Balaban J connectivity index is 1.48. The van der Waals surface area contributed by atoms with Crippen molar-refractivity contribution in [3.63, 3.8) is 0 Å². The molecular formula is C25H26N6O2. The van der Waals surface area contributed by atoms with Crippen LogP contribution in [-0.2, 0) is 0 Å². The number of aromatic nitrogens is 2. The van der Waals surface area contributed by atoms with Crippen LogP contribution in [0.1, 0.15) is 23.5 Å². The Morgan fingerprint density at radius 3 is 2.88 bits per heavy atom. The lowest BCUT2D eigenvalue weighted by Gasteiger charge is -2.18. The van der Waals surface area contributed by atoms with Crippen molar-refractivity contribution in [3.8, 4) is 23.8 Å². The van der Waals surface area contributed by atoms with Crippen molar-refractivity contribution in [2.45, 2.75) is 18.4 Å². The highest BCUT2D eigenvalue weighted by Crippen LogP contribution is 2.31. The molecule has 2 aliphatic rings. The van der Waals surface area contributed by atoms with E-state index in [4.69, 9.17) is 15.9 Å². The molecule has 1 unspecified atom stereocenters. The van der Waals surface area contributed by atoms with Crippen LogP contribution in [0.15, 0.2) is 41.6 Å². The molecule has 3 heterocycles. The summed E-state index contributed by atoms with van der Waals surface area (Å²) in [6.07, 6.45) is 10.4. The molecule has 0 spiro atoms. The quantitative estimate of drug-likeness (QED) is 0.568. The fourth-order valence-corrected chi connectivity index (χ4v) is 4.20. The molecule has 8 heteroatoms. The summed E-state index contributed by atoms with van der Waals surface area (Å²) in [5.41, 5.74) is 3.41. The van der Waals surface area contributed by atoms with Crippen molar-refractivity contribution in [2.24, 2.45) is 5.10 Å². The Hall–Kier alpha value is -3.83. The SMILES string of the molecule is C#Cc1cc(OC)c2nc(Nc3cc(O[C@@H]4CCNC4)cc(C4C=NN(C)C4)c3)ncc2c1. The summed E-state index contributed by atoms with van der Waals surface area (Å²) < 4.78 is 11.8. The molecule has 3 aromatic rings. The molecule has 5 rings (SSSR count). The van der Waals surface area contributed by atoms with Crippen LogP contribution in [0.25, 0.3) is 10.9 Å². The van der Waals surface area contributed by atoms with E-state index in [1.165, 1.54) is 0 Å². The van der Waals surface area contributed by atoms with Gasteiger partial charge in [0.25, 0.3) is 0 Å². The minimum Gasteiger partial charge on any atom is -0.494 e. The summed E-state index contributed by atoms with van der Waals surface area (Å²) in [6, 6.07) is 9.87. The van der Waals surface area contributed by atoms with Gasteiger partial charge in [0, 0.05) is 61.2 Å². The molecule has 2 N–H and O–H groups in total.